The van der Waals surface area contributed by atoms with Gasteiger partial charge in [0.2, 0.25) is 5.79 Å². The predicted molar refractivity (Wildman–Crippen MR) is 295 cm³/mol. The molecular formula is C60H87NO17S. The Morgan fingerprint density at radius 2 is 1.56 bits per heavy atom. The average Bonchev–Trinajstić information content (AvgIpc) is 3.44. The molecule has 440 valence electrons. The van der Waals surface area contributed by atoms with Crippen LogP contribution in [0.25, 0.3) is 0 Å². The van der Waals surface area contributed by atoms with E-state index >= 15 is 0 Å². The summed E-state index contributed by atoms with van der Waals surface area (Å²) in [7, 11) is 0.459. The van der Waals surface area contributed by atoms with Gasteiger partial charge in [0.05, 0.1) is 24.1 Å². The molecule has 15 atom stereocenters. The highest BCUT2D eigenvalue weighted by atomic mass is 32.2. The molecule has 1 aromatic carbocycles. The van der Waals surface area contributed by atoms with Crippen molar-refractivity contribution < 1.29 is 80.9 Å². The van der Waals surface area contributed by atoms with Crippen LogP contribution >= 0.6 is 0 Å². The first-order chi connectivity index (χ1) is 37.3. The molecule has 18 nitrogen and oxygen atoms in total. The number of aliphatic hydroxyl groups is 2. The van der Waals surface area contributed by atoms with Gasteiger partial charge in [0.15, 0.2) is 15.6 Å². The van der Waals surface area contributed by atoms with Crippen LogP contribution < -0.4 is 0 Å². The summed E-state index contributed by atoms with van der Waals surface area (Å²) in [6.07, 6.45) is 9.03. The monoisotopic (exact) mass is 1130 g/mol. The van der Waals surface area contributed by atoms with Crippen LogP contribution in [0.2, 0.25) is 0 Å². The Morgan fingerprint density at radius 3 is 2.23 bits per heavy atom. The van der Waals surface area contributed by atoms with Gasteiger partial charge in [-0.3, -0.25) is 24.0 Å². The van der Waals surface area contributed by atoms with E-state index in [0.717, 1.165) is 10.5 Å². The lowest BCUT2D eigenvalue weighted by atomic mass is 9.78. The van der Waals surface area contributed by atoms with Crippen LogP contribution in [-0.2, 0) is 72.8 Å². The molecule has 1 aromatic rings. The number of hydrogen-bond acceptors (Lipinski definition) is 17. The Balaban J connectivity index is 1.41. The molecule has 3 fully saturated rings. The summed E-state index contributed by atoms with van der Waals surface area (Å²) in [6, 6.07) is 4.41. The third-order valence-corrected chi connectivity index (χ3v) is 17.8. The van der Waals surface area contributed by atoms with Gasteiger partial charge in [0.1, 0.15) is 47.7 Å². The van der Waals surface area contributed by atoms with Gasteiger partial charge < -0.3 is 48.6 Å². The quantitative estimate of drug-likeness (QED) is 0.114. The van der Waals surface area contributed by atoms with E-state index < -0.39 is 123 Å². The number of nitrogens with zero attached hydrogens (tertiary/aromatic N) is 1. The minimum absolute atomic E-state index is 0.0198. The van der Waals surface area contributed by atoms with Crippen molar-refractivity contribution in [3.8, 4) is 5.75 Å². The Bertz CT molecular complexity index is 2500. The number of fused-ring (bicyclic) bond motifs is 3. The number of hydrogen-bond donors (Lipinski definition) is 3. The average molecular weight is 1130 g/mol. The van der Waals surface area contributed by atoms with Gasteiger partial charge in [-0.15, -0.1) is 0 Å². The Kier molecular flexibility index (Phi) is 24.4. The lowest BCUT2D eigenvalue weighted by molar-refractivity contribution is -0.265. The summed E-state index contributed by atoms with van der Waals surface area (Å²) in [6.45, 7) is 12.4. The number of piperidine rings is 1. The molecule has 3 aliphatic heterocycles. The topological polar surface area (TPSA) is 256 Å². The fourth-order valence-corrected chi connectivity index (χ4v) is 12.7. The summed E-state index contributed by atoms with van der Waals surface area (Å²) in [5, 5.41) is 33.2. The van der Waals surface area contributed by atoms with Crippen molar-refractivity contribution in [2.24, 2.45) is 35.5 Å². The summed E-state index contributed by atoms with van der Waals surface area (Å²) >= 11 is 0. The number of methoxy groups -OCH3 is 3. The van der Waals surface area contributed by atoms with Crippen LogP contribution in [0.4, 0.5) is 0 Å². The number of aliphatic hydroxyl groups excluding tert-OH is 1. The maximum atomic E-state index is 14.6. The second kappa shape index (κ2) is 29.7. The molecule has 0 aromatic heterocycles. The van der Waals surface area contributed by atoms with Gasteiger partial charge >= 0.3 is 11.9 Å². The number of aromatic hydroxyl groups is 1. The van der Waals surface area contributed by atoms with E-state index in [1.165, 1.54) is 38.5 Å². The summed E-state index contributed by atoms with van der Waals surface area (Å²) in [5.74, 6) is -11.1. The molecule has 3 N–H and O–H groups in total. The maximum absolute atomic E-state index is 14.6. The standard InChI is InChI=1S/C60H87NO17S/c1-36-16-12-11-13-17-37(2)50(73-8)32-46-25-19-42(7)60(70,78-46)57(67)58(68)61-27-15-14-18-47(61)59(69)77-51(33-48(63)38(3)29-41(6)55(66)56(75-10)54(65)40(5)28-36)39(4)30-44-22-26-49(52(31-44)74-9)76-53(64)35-79(71,72)34-43-20-23-45(62)24-21-43/h11-13,16-17,20-21,23-24,29,36,38-40,42,44,46-47,49-52,55-56,62,66,70H,14-15,18-19,22,25-28,30-35H2,1-10H3/b13-11+,16-12+,37-17+,41-29+/t36-,38-,39-,40-,42-,44+,46+,47+,49-,50+,51+,52-,55-,56+,60-/m1/s1. The number of cyclic esters (lactones) is 1. The number of ether oxygens (including phenoxy) is 6. The van der Waals surface area contributed by atoms with Gasteiger partial charge in [-0.2, -0.15) is 0 Å². The number of amides is 1. The fourth-order valence-electron chi connectivity index (χ4n) is 11.5. The zero-order chi connectivity index (χ0) is 58.4. The van der Waals surface area contributed by atoms with Crippen LogP contribution in [-0.4, -0.2) is 152 Å². The SMILES string of the molecule is CO[C@H]1C[C@@H]2CC[C@@H](C)[C@@](O)(O2)C(=O)C(=O)N2CCCC[C@H]2C(=O)O[C@H]([C@H](C)C[C@@H]2CC[C@@H](OC(=O)CS(=O)(=O)Cc3ccc(O)cc3)[C@H](OC)C2)CC(=O)[C@H](C)/C=C(\C)[C@@H](O)[C@@H](OC)C(=O)[C@H](C)C[C@H](C)/C=C/C=C/C=C/1C. The van der Waals surface area contributed by atoms with Crippen LogP contribution in [0, 0.1) is 35.5 Å². The highest BCUT2D eigenvalue weighted by Crippen LogP contribution is 2.38. The molecule has 5 rings (SSSR count). The Morgan fingerprint density at radius 1 is 0.848 bits per heavy atom. The number of esters is 2. The van der Waals surface area contributed by atoms with Gasteiger partial charge in [-0.05, 0) is 125 Å². The third-order valence-electron chi connectivity index (χ3n) is 16.4. The molecule has 19 heteroatoms. The summed E-state index contributed by atoms with van der Waals surface area (Å²) < 4.78 is 61.3. The van der Waals surface area contributed by atoms with E-state index in [1.54, 1.807) is 40.9 Å². The zero-order valence-corrected chi connectivity index (χ0v) is 48.7. The van der Waals surface area contributed by atoms with Gasteiger partial charge in [-0.1, -0.05) is 83.2 Å². The molecule has 1 aliphatic carbocycles. The number of phenolic OH excluding ortho intramolecular Hbond substituents is 1. The largest absolute Gasteiger partial charge is 0.508 e. The molecule has 0 unspecified atom stereocenters. The second-order valence-corrected chi connectivity index (χ2v) is 24.8. The lowest BCUT2D eigenvalue weighted by Crippen LogP contribution is -2.61. The highest BCUT2D eigenvalue weighted by Gasteiger charge is 2.53. The number of sulfone groups is 1. The van der Waals surface area contributed by atoms with Gasteiger partial charge in [0, 0.05) is 58.5 Å². The van der Waals surface area contributed by atoms with Crippen molar-refractivity contribution in [2.75, 3.05) is 33.6 Å². The van der Waals surface area contributed by atoms with Crippen LogP contribution in [0.3, 0.4) is 0 Å². The van der Waals surface area contributed by atoms with Gasteiger partial charge in [0.25, 0.3) is 11.7 Å². The van der Waals surface area contributed by atoms with E-state index in [4.69, 9.17) is 28.4 Å². The van der Waals surface area contributed by atoms with Crippen molar-refractivity contribution in [3.63, 3.8) is 0 Å². The first-order valence-corrected chi connectivity index (χ1v) is 29.8. The molecule has 1 saturated carbocycles. The van der Waals surface area contributed by atoms with E-state index in [-0.39, 0.29) is 55.0 Å². The number of carbonyl (C=O) groups excluding carboxylic acids is 6. The van der Waals surface area contributed by atoms with E-state index in [1.807, 2.05) is 51.2 Å². The normalized spacial score (nSPS) is 35.4. The summed E-state index contributed by atoms with van der Waals surface area (Å²) in [4.78, 5) is 85.7. The van der Waals surface area contributed by atoms with Crippen molar-refractivity contribution in [1.29, 1.82) is 0 Å². The van der Waals surface area contributed by atoms with Crippen LogP contribution in [0.15, 0.2) is 71.9 Å². The van der Waals surface area contributed by atoms with E-state index in [2.05, 4.69) is 0 Å². The lowest BCUT2D eigenvalue weighted by Gasteiger charge is -2.42. The highest BCUT2D eigenvalue weighted by molar-refractivity contribution is 7.91. The second-order valence-electron chi connectivity index (χ2n) is 22.8. The molecule has 2 saturated heterocycles. The number of rotatable bonds is 11. The third kappa shape index (κ3) is 18.1. The van der Waals surface area contributed by atoms with Crippen molar-refractivity contribution in [2.45, 2.75) is 186 Å². The zero-order valence-electron chi connectivity index (χ0n) is 47.9. The molecule has 2 bridgehead atoms. The molecule has 4 aliphatic rings. The Hall–Kier alpha value is -4.89. The number of Topliss-reactive ketones (excluding diaryl/α,β-unsaturated/α-hetero) is 3. The first-order valence-electron chi connectivity index (χ1n) is 28.0. The molecule has 79 heavy (non-hydrogen) atoms. The molecule has 1 amide bonds. The number of allylic oxidation sites excluding steroid dienone is 6. The smallest absolute Gasteiger partial charge is 0.329 e. The summed E-state index contributed by atoms with van der Waals surface area (Å²) in [5.41, 5.74) is 1.59. The first kappa shape index (κ1) is 64.9. The Labute approximate surface area is 467 Å². The van der Waals surface area contributed by atoms with E-state index in [0.29, 0.717) is 68.9 Å². The fraction of sp³-hybridized carbons (Fsp3) is 0.667. The number of phenols is 1. The molecule has 3 heterocycles. The van der Waals surface area contributed by atoms with Crippen molar-refractivity contribution in [3.05, 3.63) is 77.4 Å². The van der Waals surface area contributed by atoms with Crippen LogP contribution in [0.5, 0.6) is 5.75 Å². The van der Waals surface area contributed by atoms with Gasteiger partial charge in [-0.25, -0.2) is 13.2 Å². The number of carbonyl (C=O) groups is 6. The maximum Gasteiger partial charge on any atom is 0.329 e. The minimum Gasteiger partial charge on any atom is -0.508 e. The number of ketones is 3. The van der Waals surface area contributed by atoms with E-state index in [9.17, 15) is 52.5 Å². The van der Waals surface area contributed by atoms with Crippen molar-refractivity contribution >= 4 is 45.0 Å². The molecule has 0 radical (unpaired) electrons. The molecular weight excluding hydrogens is 1040 g/mol. The molecule has 0 spiro atoms. The van der Waals surface area contributed by atoms with Crippen molar-refractivity contribution in [1.82, 2.24) is 4.90 Å². The van der Waals surface area contributed by atoms with Crippen LogP contribution in [0.1, 0.15) is 131 Å². The minimum atomic E-state index is -3.92. The predicted octanol–water partition coefficient (Wildman–Crippen LogP) is 7.05. The number of benzene rings is 1.